The number of benzene rings is 1. The highest BCUT2D eigenvalue weighted by Crippen LogP contribution is 2.21. The van der Waals surface area contributed by atoms with Gasteiger partial charge in [0.2, 0.25) is 5.69 Å². The van der Waals surface area contributed by atoms with Crippen molar-refractivity contribution in [3.05, 3.63) is 35.5 Å². The van der Waals surface area contributed by atoms with Gasteiger partial charge in [0, 0.05) is 11.0 Å². The van der Waals surface area contributed by atoms with Crippen LogP contribution >= 0.6 is 0 Å². The molecule has 0 spiro atoms. The number of hydrogen-bond acceptors (Lipinski definition) is 4. The molecule has 2 N–H and O–H groups in total. The van der Waals surface area contributed by atoms with Crippen molar-refractivity contribution in [2.24, 2.45) is 5.41 Å². The number of aromatic nitrogens is 3. The first-order valence-corrected chi connectivity index (χ1v) is 6.30. The third-order valence-electron chi connectivity index (χ3n) is 2.38. The lowest BCUT2D eigenvalue weighted by atomic mass is 9.97. The molecule has 1 heterocycles. The van der Waals surface area contributed by atoms with E-state index in [2.05, 4.69) is 27.3 Å². The van der Waals surface area contributed by atoms with Crippen LogP contribution in [0.5, 0.6) is 11.6 Å². The predicted octanol–water partition coefficient (Wildman–Crippen LogP) is 2.69. The van der Waals surface area contributed by atoms with Crippen LogP contribution in [0.3, 0.4) is 0 Å². The summed E-state index contributed by atoms with van der Waals surface area (Å²) in [5, 5.41) is 18.2. The quantitative estimate of drug-likeness (QED) is 0.846. The van der Waals surface area contributed by atoms with E-state index in [0.29, 0.717) is 5.75 Å². The first-order valence-electron chi connectivity index (χ1n) is 6.30. The second-order valence-electron chi connectivity index (χ2n) is 5.42. The topological polar surface area (TPSA) is 88.1 Å². The minimum absolute atomic E-state index is 0.0632. The lowest BCUT2D eigenvalue weighted by Crippen LogP contribution is -2.00. The van der Waals surface area contributed by atoms with Gasteiger partial charge in [-0.05, 0) is 45.0 Å². The van der Waals surface area contributed by atoms with Crippen molar-refractivity contribution in [2.45, 2.75) is 20.8 Å². The van der Waals surface area contributed by atoms with Crippen molar-refractivity contribution >= 4 is 5.97 Å². The molecule has 0 aliphatic rings. The third kappa shape index (κ3) is 4.08. The molecule has 0 bridgehead atoms. The number of hydrogen-bond donors (Lipinski definition) is 2. The van der Waals surface area contributed by atoms with Gasteiger partial charge in [-0.25, -0.2) is 9.89 Å². The summed E-state index contributed by atoms with van der Waals surface area (Å²) < 4.78 is 5.38. The maximum atomic E-state index is 10.9. The molecule has 0 aliphatic heterocycles. The van der Waals surface area contributed by atoms with Gasteiger partial charge in [0.1, 0.15) is 5.75 Å². The number of rotatable bonds is 3. The second kappa shape index (κ2) is 5.67. The number of carbonyl (C=O) groups is 1. The number of nitrogens with zero attached hydrogens (tertiary/aromatic N) is 2. The average Bonchev–Trinajstić information content (AvgIpc) is 2.85. The Kier molecular flexibility index (Phi) is 3.94. The Morgan fingerprint density at radius 3 is 2.52 bits per heavy atom. The molecule has 0 atom stereocenters. The maximum Gasteiger partial charge on any atom is 0.359 e. The van der Waals surface area contributed by atoms with Crippen molar-refractivity contribution in [3.8, 4) is 23.5 Å². The van der Waals surface area contributed by atoms with Crippen LogP contribution in [0.4, 0.5) is 0 Å². The van der Waals surface area contributed by atoms with Crippen molar-refractivity contribution in [2.75, 3.05) is 0 Å². The Bertz CT molecular complexity index is 700. The van der Waals surface area contributed by atoms with E-state index in [4.69, 9.17) is 9.84 Å². The first kappa shape index (κ1) is 14.6. The van der Waals surface area contributed by atoms with Crippen molar-refractivity contribution in [1.29, 1.82) is 0 Å². The Morgan fingerprint density at radius 1 is 1.29 bits per heavy atom. The number of ether oxygens (including phenoxy) is 1. The molecule has 2 aromatic rings. The summed E-state index contributed by atoms with van der Waals surface area (Å²) >= 11 is 0. The molecule has 1 aromatic carbocycles. The molecule has 0 amide bonds. The van der Waals surface area contributed by atoms with Gasteiger partial charge in [-0.2, -0.15) is 0 Å². The highest BCUT2D eigenvalue weighted by molar-refractivity contribution is 5.87. The van der Waals surface area contributed by atoms with E-state index in [1.165, 1.54) is 0 Å². The van der Waals surface area contributed by atoms with Crippen LogP contribution < -0.4 is 4.74 Å². The van der Waals surface area contributed by atoms with Gasteiger partial charge < -0.3 is 9.84 Å². The number of nitrogens with one attached hydrogen (secondary N) is 1. The van der Waals surface area contributed by atoms with Crippen LogP contribution in [0.25, 0.3) is 0 Å². The van der Waals surface area contributed by atoms with Gasteiger partial charge in [0.15, 0.2) is 0 Å². The molecule has 0 aliphatic carbocycles. The fraction of sp³-hybridized carbons (Fsp3) is 0.267. The van der Waals surface area contributed by atoms with Crippen molar-refractivity contribution < 1.29 is 14.6 Å². The Hall–Kier alpha value is -2.81. The van der Waals surface area contributed by atoms with Gasteiger partial charge in [0.05, 0.1) is 0 Å². The largest absolute Gasteiger partial charge is 0.476 e. The van der Waals surface area contributed by atoms with E-state index in [0.717, 1.165) is 5.56 Å². The fourth-order valence-corrected chi connectivity index (χ4v) is 1.41. The van der Waals surface area contributed by atoms with Crippen LogP contribution in [0.1, 0.15) is 36.8 Å². The molecule has 0 fully saturated rings. The minimum Gasteiger partial charge on any atom is -0.476 e. The molecule has 21 heavy (non-hydrogen) atoms. The number of aromatic amines is 1. The highest BCUT2D eigenvalue weighted by Gasteiger charge is 2.16. The molecule has 2 rings (SSSR count). The lowest BCUT2D eigenvalue weighted by molar-refractivity contribution is 0.0687. The SMILES string of the molecule is CC(C)(C)C#Cc1ccc(Oc2nn[nH]c2C(=O)O)cc1. The zero-order valence-electron chi connectivity index (χ0n) is 12.0. The monoisotopic (exact) mass is 285 g/mol. The summed E-state index contributed by atoms with van der Waals surface area (Å²) in [6.07, 6.45) is 0. The molecule has 1 aromatic heterocycles. The average molecular weight is 285 g/mol. The van der Waals surface area contributed by atoms with Gasteiger partial charge in [0.25, 0.3) is 5.88 Å². The molecular weight excluding hydrogens is 270 g/mol. The van der Waals surface area contributed by atoms with E-state index in [1.807, 2.05) is 20.8 Å². The maximum absolute atomic E-state index is 10.9. The summed E-state index contributed by atoms with van der Waals surface area (Å²) in [5.74, 6) is 5.41. The number of carboxylic acid groups (broad SMARTS) is 1. The van der Waals surface area contributed by atoms with E-state index in [9.17, 15) is 4.79 Å². The molecule has 108 valence electrons. The zero-order valence-corrected chi connectivity index (χ0v) is 12.0. The van der Waals surface area contributed by atoms with Crippen LogP contribution in [-0.2, 0) is 0 Å². The lowest BCUT2D eigenvalue weighted by Gasteiger charge is -2.07. The minimum atomic E-state index is -1.18. The Morgan fingerprint density at radius 2 is 1.95 bits per heavy atom. The second-order valence-corrected chi connectivity index (χ2v) is 5.42. The van der Waals surface area contributed by atoms with E-state index in [1.54, 1.807) is 24.3 Å². The molecule has 0 saturated heterocycles. The van der Waals surface area contributed by atoms with Crippen molar-refractivity contribution in [3.63, 3.8) is 0 Å². The van der Waals surface area contributed by atoms with Crippen LogP contribution in [0, 0.1) is 17.3 Å². The third-order valence-corrected chi connectivity index (χ3v) is 2.38. The highest BCUT2D eigenvalue weighted by atomic mass is 16.5. The summed E-state index contributed by atoms with van der Waals surface area (Å²) in [5.41, 5.74) is 0.606. The summed E-state index contributed by atoms with van der Waals surface area (Å²) in [7, 11) is 0. The van der Waals surface area contributed by atoms with E-state index >= 15 is 0 Å². The smallest absolute Gasteiger partial charge is 0.359 e. The molecular formula is C15H15N3O3. The molecule has 6 nitrogen and oxygen atoms in total. The van der Waals surface area contributed by atoms with Crippen LogP contribution in [0.15, 0.2) is 24.3 Å². The molecule has 0 saturated carbocycles. The van der Waals surface area contributed by atoms with Gasteiger partial charge in [-0.3, -0.25) is 0 Å². The van der Waals surface area contributed by atoms with E-state index < -0.39 is 5.97 Å². The summed E-state index contributed by atoms with van der Waals surface area (Å²) in [4.78, 5) is 10.9. The Labute approximate surface area is 122 Å². The normalized spacial score (nSPS) is 10.6. The zero-order chi connectivity index (χ0) is 15.5. The number of aromatic carboxylic acids is 1. The van der Waals surface area contributed by atoms with Gasteiger partial charge in [-0.1, -0.05) is 22.2 Å². The predicted molar refractivity (Wildman–Crippen MR) is 76.2 cm³/mol. The summed E-state index contributed by atoms with van der Waals surface area (Å²) in [6, 6.07) is 7.00. The standard InChI is InChI=1S/C15H15N3O3/c1-15(2,3)9-8-10-4-6-11(7-5-10)21-13-12(14(19)20)16-18-17-13/h4-7H,1-3H3,(H,19,20)(H,16,17,18). The number of carboxylic acids is 1. The number of H-pyrrole nitrogens is 1. The van der Waals surface area contributed by atoms with Crippen LogP contribution in [-0.4, -0.2) is 26.5 Å². The first-order chi connectivity index (χ1) is 9.85. The molecule has 0 radical (unpaired) electrons. The summed E-state index contributed by atoms with van der Waals surface area (Å²) in [6.45, 7) is 6.11. The Balaban J connectivity index is 2.14. The fourth-order valence-electron chi connectivity index (χ4n) is 1.41. The van der Waals surface area contributed by atoms with Gasteiger partial charge in [-0.15, -0.1) is 0 Å². The van der Waals surface area contributed by atoms with Crippen molar-refractivity contribution in [1.82, 2.24) is 15.4 Å². The molecule has 0 unspecified atom stereocenters. The molecule has 6 heteroatoms. The van der Waals surface area contributed by atoms with Crippen LogP contribution in [0.2, 0.25) is 0 Å². The van der Waals surface area contributed by atoms with Gasteiger partial charge >= 0.3 is 5.97 Å². The van der Waals surface area contributed by atoms with E-state index in [-0.39, 0.29) is 17.0 Å².